The van der Waals surface area contributed by atoms with Crippen molar-refractivity contribution >= 4 is 11.8 Å². The van der Waals surface area contributed by atoms with Crippen molar-refractivity contribution in [3.05, 3.63) is 0 Å². The van der Waals surface area contributed by atoms with Crippen molar-refractivity contribution in [3.63, 3.8) is 0 Å². The number of hydrogen-bond donors (Lipinski definition) is 1. The zero-order chi connectivity index (χ0) is 9.35. The van der Waals surface area contributed by atoms with Crippen LogP contribution < -0.4 is 0 Å². The molecular weight excluding hydrogens is 156 g/mol. The van der Waals surface area contributed by atoms with Crippen LogP contribution in [-0.2, 0) is 9.59 Å². The predicted molar refractivity (Wildman–Crippen MR) is 43.8 cm³/mol. The standard InChI is InChI=1S/C9H14O3/c1-6-7(10)3-4-9(6,2)5-8(11)12/h6H,3-5H2,1-2H3,(H,11,12). The molecule has 68 valence electrons. The number of Topliss-reactive ketones (excluding diaryl/α,β-unsaturated/α-hetero) is 1. The maximum Gasteiger partial charge on any atom is 0.303 e. The molecule has 1 fully saturated rings. The number of hydrogen-bond acceptors (Lipinski definition) is 2. The third-order valence-corrected chi connectivity index (χ3v) is 3.03. The largest absolute Gasteiger partial charge is 0.481 e. The van der Waals surface area contributed by atoms with Gasteiger partial charge in [-0.15, -0.1) is 0 Å². The molecule has 0 amide bonds. The SMILES string of the molecule is CC1C(=O)CCC1(C)CC(=O)O. The fourth-order valence-corrected chi connectivity index (χ4v) is 1.82. The van der Waals surface area contributed by atoms with Crippen molar-refractivity contribution in [2.45, 2.75) is 33.1 Å². The van der Waals surface area contributed by atoms with Crippen molar-refractivity contribution < 1.29 is 14.7 Å². The molecule has 0 spiro atoms. The lowest BCUT2D eigenvalue weighted by Gasteiger charge is -2.25. The molecule has 3 nitrogen and oxygen atoms in total. The number of rotatable bonds is 2. The number of aliphatic carboxylic acids is 1. The smallest absolute Gasteiger partial charge is 0.303 e. The van der Waals surface area contributed by atoms with E-state index in [9.17, 15) is 9.59 Å². The Morgan fingerprint density at radius 1 is 1.75 bits per heavy atom. The summed E-state index contributed by atoms with van der Waals surface area (Å²) < 4.78 is 0. The quantitative estimate of drug-likeness (QED) is 0.682. The summed E-state index contributed by atoms with van der Waals surface area (Å²) in [5, 5.41) is 8.63. The fourth-order valence-electron chi connectivity index (χ4n) is 1.82. The van der Waals surface area contributed by atoms with Crippen molar-refractivity contribution in [2.24, 2.45) is 11.3 Å². The first-order valence-corrected chi connectivity index (χ1v) is 4.20. The zero-order valence-corrected chi connectivity index (χ0v) is 7.46. The lowest BCUT2D eigenvalue weighted by molar-refractivity contribution is -0.140. The molecule has 0 aromatic carbocycles. The van der Waals surface area contributed by atoms with E-state index in [0.717, 1.165) is 6.42 Å². The molecule has 2 atom stereocenters. The molecule has 0 aliphatic heterocycles. The van der Waals surface area contributed by atoms with Crippen molar-refractivity contribution in [1.82, 2.24) is 0 Å². The number of carbonyl (C=O) groups excluding carboxylic acids is 1. The summed E-state index contributed by atoms with van der Waals surface area (Å²) in [6.45, 7) is 3.72. The van der Waals surface area contributed by atoms with Gasteiger partial charge >= 0.3 is 5.97 Å². The molecule has 12 heavy (non-hydrogen) atoms. The van der Waals surface area contributed by atoms with Crippen LogP contribution >= 0.6 is 0 Å². The summed E-state index contributed by atoms with van der Waals surface area (Å²) in [5.74, 6) is -0.689. The number of carboxylic acids is 1. The lowest BCUT2D eigenvalue weighted by atomic mass is 9.78. The molecule has 1 N–H and O–H groups in total. The third kappa shape index (κ3) is 1.49. The molecule has 1 aliphatic carbocycles. The van der Waals surface area contributed by atoms with Crippen molar-refractivity contribution in [3.8, 4) is 0 Å². The average Bonchev–Trinajstić information content (AvgIpc) is 2.16. The number of carboxylic acid groups (broad SMARTS) is 1. The van der Waals surface area contributed by atoms with Gasteiger partial charge in [-0.25, -0.2) is 0 Å². The summed E-state index contributed by atoms with van der Waals surface area (Å²) in [6, 6.07) is 0. The second-order valence-electron chi connectivity index (χ2n) is 3.91. The van der Waals surface area contributed by atoms with Gasteiger partial charge in [0.15, 0.2) is 0 Å². The Morgan fingerprint density at radius 2 is 2.33 bits per heavy atom. The molecule has 0 aromatic rings. The van der Waals surface area contributed by atoms with E-state index in [1.807, 2.05) is 13.8 Å². The van der Waals surface area contributed by atoms with Gasteiger partial charge in [-0.1, -0.05) is 13.8 Å². The van der Waals surface area contributed by atoms with Crippen LogP contribution in [0.25, 0.3) is 0 Å². The minimum Gasteiger partial charge on any atom is -0.481 e. The van der Waals surface area contributed by atoms with Gasteiger partial charge in [0.25, 0.3) is 0 Å². The summed E-state index contributed by atoms with van der Waals surface area (Å²) >= 11 is 0. The van der Waals surface area contributed by atoms with E-state index < -0.39 is 5.97 Å². The highest BCUT2D eigenvalue weighted by Crippen LogP contribution is 2.43. The molecule has 2 unspecified atom stereocenters. The van der Waals surface area contributed by atoms with Gasteiger partial charge in [-0.3, -0.25) is 9.59 Å². The van der Waals surface area contributed by atoms with Crippen LogP contribution in [0.2, 0.25) is 0 Å². The summed E-state index contributed by atoms with van der Waals surface area (Å²) in [4.78, 5) is 21.7. The molecule has 0 heterocycles. The highest BCUT2D eigenvalue weighted by atomic mass is 16.4. The van der Waals surface area contributed by atoms with E-state index in [4.69, 9.17) is 5.11 Å². The lowest BCUT2D eigenvalue weighted by Crippen LogP contribution is -2.25. The second kappa shape index (κ2) is 2.88. The Morgan fingerprint density at radius 3 is 2.67 bits per heavy atom. The molecular formula is C9H14O3. The van der Waals surface area contributed by atoms with Gasteiger partial charge in [-0.2, -0.15) is 0 Å². The molecule has 1 saturated carbocycles. The van der Waals surface area contributed by atoms with Crippen LogP contribution in [0.1, 0.15) is 33.1 Å². The highest BCUT2D eigenvalue weighted by Gasteiger charge is 2.42. The number of carbonyl (C=O) groups is 2. The zero-order valence-electron chi connectivity index (χ0n) is 7.46. The first-order chi connectivity index (χ1) is 5.46. The fraction of sp³-hybridized carbons (Fsp3) is 0.778. The highest BCUT2D eigenvalue weighted by molar-refractivity contribution is 5.84. The monoisotopic (exact) mass is 170 g/mol. The minimum absolute atomic E-state index is 0.0893. The van der Waals surface area contributed by atoms with E-state index >= 15 is 0 Å². The molecule has 0 aromatic heterocycles. The average molecular weight is 170 g/mol. The Kier molecular flexibility index (Phi) is 2.22. The molecule has 3 heteroatoms. The van der Waals surface area contributed by atoms with Crippen molar-refractivity contribution in [1.29, 1.82) is 0 Å². The third-order valence-electron chi connectivity index (χ3n) is 3.03. The molecule has 0 saturated heterocycles. The molecule has 0 bridgehead atoms. The van der Waals surface area contributed by atoms with Crippen LogP contribution in [-0.4, -0.2) is 16.9 Å². The molecule has 0 radical (unpaired) electrons. The number of ketones is 1. The van der Waals surface area contributed by atoms with Gasteiger partial charge in [0.1, 0.15) is 5.78 Å². The van der Waals surface area contributed by atoms with E-state index in [2.05, 4.69) is 0 Å². The summed E-state index contributed by atoms with van der Waals surface area (Å²) in [6.07, 6.45) is 1.38. The van der Waals surface area contributed by atoms with Gasteiger partial charge in [-0.05, 0) is 11.8 Å². The van der Waals surface area contributed by atoms with Crippen LogP contribution in [0.5, 0.6) is 0 Å². The maximum absolute atomic E-state index is 11.2. The predicted octanol–water partition coefficient (Wildman–Crippen LogP) is 1.47. The minimum atomic E-state index is -0.806. The normalized spacial score (nSPS) is 35.5. The van der Waals surface area contributed by atoms with E-state index in [0.29, 0.717) is 6.42 Å². The van der Waals surface area contributed by atoms with Gasteiger partial charge in [0.2, 0.25) is 0 Å². The Hall–Kier alpha value is -0.860. The Bertz CT molecular complexity index is 222. The van der Waals surface area contributed by atoms with Crippen LogP contribution in [0.15, 0.2) is 0 Å². The first kappa shape index (κ1) is 9.23. The molecule has 1 aliphatic rings. The first-order valence-electron chi connectivity index (χ1n) is 4.20. The van der Waals surface area contributed by atoms with E-state index in [-0.39, 0.29) is 23.5 Å². The Labute approximate surface area is 71.8 Å². The summed E-state index contributed by atoms with van der Waals surface area (Å²) in [7, 11) is 0. The van der Waals surface area contributed by atoms with E-state index in [1.165, 1.54) is 0 Å². The Balaban J connectivity index is 2.72. The maximum atomic E-state index is 11.2. The van der Waals surface area contributed by atoms with Gasteiger partial charge in [0, 0.05) is 12.3 Å². The van der Waals surface area contributed by atoms with Crippen LogP contribution in [0.4, 0.5) is 0 Å². The van der Waals surface area contributed by atoms with Crippen LogP contribution in [0, 0.1) is 11.3 Å². The van der Waals surface area contributed by atoms with Gasteiger partial charge < -0.3 is 5.11 Å². The molecule has 1 rings (SSSR count). The van der Waals surface area contributed by atoms with Crippen molar-refractivity contribution in [2.75, 3.05) is 0 Å². The van der Waals surface area contributed by atoms with E-state index in [1.54, 1.807) is 0 Å². The second-order valence-corrected chi connectivity index (χ2v) is 3.91. The summed E-state index contributed by atoms with van der Waals surface area (Å²) in [5.41, 5.74) is -0.303. The van der Waals surface area contributed by atoms with Gasteiger partial charge in [0.05, 0.1) is 6.42 Å². The topological polar surface area (TPSA) is 54.4 Å². The van der Waals surface area contributed by atoms with Crippen LogP contribution in [0.3, 0.4) is 0 Å².